The van der Waals surface area contributed by atoms with Crippen molar-refractivity contribution in [3.05, 3.63) is 22.7 Å². The standard InChI is InChI=1S/C17H22ClNO6/c1-10-7-19(8-11(2)25-10)15(20)9-24-17(21)12-5-13(18)16(23-4)14(6-12)22-3/h5-6,10-11H,7-9H2,1-4H3/t10-,11-/m0/s1. The van der Waals surface area contributed by atoms with E-state index in [0.717, 1.165) is 0 Å². The molecule has 0 unspecified atom stereocenters. The summed E-state index contributed by atoms with van der Waals surface area (Å²) in [6.45, 7) is 4.40. The molecule has 1 fully saturated rings. The summed E-state index contributed by atoms with van der Waals surface area (Å²) in [6, 6.07) is 2.87. The number of morpholine rings is 1. The van der Waals surface area contributed by atoms with Crippen LogP contribution in [0, 0.1) is 0 Å². The Bertz CT molecular complexity index is 640. The van der Waals surface area contributed by atoms with Gasteiger partial charge < -0.3 is 23.8 Å². The molecule has 1 heterocycles. The molecular formula is C17H22ClNO6. The minimum absolute atomic E-state index is 0.0481. The van der Waals surface area contributed by atoms with Crippen molar-refractivity contribution in [2.75, 3.05) is 33.9 Å². The first-order valence-corrected chi connectivity index (χ1v) is 8.25. The van der Waals surface area contributed by atoms with Gasteiger partial charge in [-0.05, 0) is 26.0 Å². The number of carbonyl (C=O) groups is 2. The van der Waals surface area contributed by atoms with Gasteiger partial charge in [0.2, 0.25) is 0 Å². The molecule has 1 aliphatic rings. The van der Waals surface area contributed by atoms with E-state index in [2.05, 4.69) is 0 Å². The number of carbonyl (C=O) groups excluding carboxylic acids is 2. The van der Waals surface area contributed by atoms with Crippen LogP contribution < -0.4 is 9.47 Å². The van der Waals surface area contributed by atoms with Crippen molar-refractivity contribution in [3.8, 4) is 11.5 Å². The number of esters is 1. The molecule has 0 aromatic heterocycles. The fourth-order valence-corrected chi connectivity index (χ4v) is 3.01. The van der Waals surface area contributed by atoms with E-state index in [0.29, 0.717) is 24.6 Å². The highest BCUT2D eigenvalue weighted by atomic mass is 35.5. The van der Waals surface area contributed by atoms with Crippen molar-refractivity contribution in [2.45, 2.75) is 26.1 Å². The van der Waals surface area contributed by atoms with E-state index in [9.17, 15) is 9.59 Å². The second-order valence-corrected chi connectivity index (χ2v) is 6.23. The number of hydrogen-bond acceptors (Lipinski definition) is 6. The molecule has 8 heteroatoms. The average molecular weight is 372 g/mol. The van der Waals surface area contributed by atoms with Crippen LogP contribution in [0.15, 0.2) is 12.1 Å². The summed E-state index contributed by atoms with van der Waals surface area (Å²) in [7, 11) is 2.89. The van der Waals surface area contributed by atoms with Crippen molar-refractivity contribution < 1.29 is 28.5 Å². The molecule has 0 radical (unpaired) electrons. The molecular weight excluding hydrogens is 350 g/mol. The highest BCUT2D eigenvalue weighted by Crippen LogP contribution is 2.36. The lowest BCUT2D eigenvalue weighted by Crippen LogP contribution is -2.49. The highest BCUT2D eigenvalue weighted by Gasteiger charge is 2.26. The lowest BCUT2D eigenvalue weighted by molar-refractivity contribution is -0.146. The fourth-order valence-electron chi connectivity index (χ4n) is 2.72. The smallest absolute Gasteiger partial charge is 0.338 e. The molecule has 1 aromatic rings. The molecule has 0 saturated carbocycles. The fraction of sp³-hybridized carbons (Fsp3) is 0.529. The highest BCUT2D eigenvalue weighted by molar-refractivity contribution is 6.32. The SMILES string of the molecule is COc1cc(C(=O)OCC(=O)N2C[C@H](C)O[C@@H](C)C2)cc(Cl)c1OC. The molecule has 0 aliphatic carbocycles. The first-order valence-electron chi connectivity index (χ1n) is 7.87. The van der Waals surface area contributed by atoms with Crippen LogP contribution in [-0.4, -0.2) is 62.9 Å². The van der Waals surface area contributed by atoms with E-state index in [-0.39, 0.29) is 35.3 Å². The number of nitrogens with zero attached hydrogens (tertiary/aromatic N) is 1. The van der Waals surface area contributed by atoms with Gasteiger partial charge in [-0.25, -0.2) is 4.79 Å². The Kier molecular flexibility index (Phi) is 6.50. The van der Waals surface area contributed by atoms with Gasteiger partial charge in [0.25, 0.3) is 5.91 Å². The lowest BCUT2D eigenvalue weighted by atomic mass is 10.2. The molecule has 0 N–H and O–H groups in total. The van der Waals surface area contributed by atoms with Crippen LogP contribution in [0.25, 0.3) is 0 Å². The van der Waals surface area contributed by atoms with Gasteiger partial charge in [-0.15, -0.1) is 0 Å². The van der Waals surface area contributed by atoms with Crippen molar-refractivity contribution in [2.24, 2.45) is 0 Å². The van der Waals surface area contributed by atoms with E-state index < -0.39 is 5.97 Å². The normalized spacial score (nSPS) is 20.1. The van der Waals surface area contributed by atoms with E-state index in [1.54, 1.807) is 4.90 Å². The zero-order valence-corrected chi connectivity index (χ0v) is 15.5. The summed E-state index contributed by atoms with van der Waals surface area (Å²) in [5, 5.41) is 0.218. The molecule has 0 spiro atoms. The summed E-state index contributed by atoms with van der Waals surface area (Å²) in [5.74, 6) is -0.287. The maximum atomic E-state index is 12.2. The van der Waals surface area contributed by atoms with E-state index in [1.807, 2.05) is 13.8 Å². The Morgan fingerprint density at radius 1 is 1.20 bits per heavy atom. The average Bonchev–Trinajstić information content (AvgIpc) is 2.57. The molecule has 2 atom stereocenters. The van der Waals surface area contributed by atoms with Gasteiger partial charge in [-0.2, -0.15) is 0 Å². The van der Waals surface area contributed by atoms with Crippen LogP contribution in [0.3, 0.4) is 0 Å². The first kappa shape index (κ1) is 19.3. The van der Waals surface area contributed by atoms with Gasteiger partial charge in [0, 0.05) is 13.1 Å². The van der Waals surface area contributed by atoms with Crippen LogP contribution in [0.1, 0.15) is 24.2 Å². The van der Waals surface area contributed by atoms with Gasteiger partial charge in [0.1, 0.15) is 0 Å². The predicted octanol–water partition coefficient (Wildman–Crippen LogP) is 2.15. The summed E-state index contributed by atoms with van der Waals surface area (Å²) >= 11 is 6.07. The number of methoxy groups -OCH3 is 2. The Labute approximate surface area is 151 Å². The van der Waals surface area contributed by atoms with Crippen LogP contribution in [0.5, 0.6) is 11.5 Å². The summed E-state index contributed by atoms with van der Waals surface area (Å²) < 4.78 is 21.0. The molecule has 1 aromatic carbocycles. The largest absolute Gasteiger partial charge is 0.493 e. The number of amides is 1. The summed E-state index contributed by atoms with van der Waals surface area (Å²) in [6.07, 6.45) is -0.0962. The zero-order valence-electron chi connectivity index (χ0n) is 14.7. The van der Waals surface area contributed by atoms with Crippen LogP contribution in [0.4, 0.5) is 0 Å². The Hall–Kier alpha value is -1.99. The van der Waals surface area contributed by atoms with Crippen molar-refractivity contribution in [3.63, 3.8) is 0 Å². The molecule has 1 aliphatic heterocycles. The maximum absolute atomic E-state index is 12.2. The third-order valence-electron chi connectivity index (χ3n) is 3.77. The van der Waals surface area contributed by atoms with Gasteiger partial charge in [0.15, 0.2) is 18.1 Å². The van der Waals surface area contributed by atoms with Crippen molar-refractivity contribution in [1.29, 1.82) is 0 Å². The summed E-state index contributed by atoms with van der Waals surface area (Å²) in [5.41, 5.74) is 0.180. The first-order chi connectivity index (χ1) is 11.8. The molecule has 0 bridgehead atoms. The second kappa shape index (κ2) is 8.40. The monoisotopic (exact) mass is 371 g/mol. The van der Waals surface area contributed by atoms with Crippen LogP contribution in [-0.2, 0) is 14.3 Å². The minimum Gasteiger partial charge on any atom is -0.493 e. The topological polar surface area (TPSA) is 74.3 Å². The number of halogens is 1. The minimum atomic E-state index is -0.662. The van der Waals surface area contributed by atoms with Crippen LogP contribution in [0.2, 0.25) is 5.02 Å². The molecule has 1 amide bonds. The molecule has 7 nitrogen and oxygen atoms in total. The van der Waals surface area contributed by atoms with E-state index in [1.165, 1.54) is 26.4 Å². The van der Waals surface area contributed by atoms with Crippen LogP contribution >= 0.6 is 11.6 Å². The van der Waals surface area contributed by atoms with Gasteiger partial charge >= 0.3 is 5.97 Å². The lowest BCUT2D eigenvalue weighted by Gasteiger charge is -2.35. The molecule has 2 rings (SSSR count). The number of benzene rings is 1. The third-order valence-corrected chi connectivity index (χ3v) is 4.05. The maximum Gasteiger partial charge on any atom is 0.338 e. The number of rotatable bonds is 5. The van der Waals surface area contributed by atoms with E-state index in [4.69, 9.17) is 30.5 Å². The summed E-state index contributed by atoms with van der Waals surface area (Å²) in [4.78, 5) is 26.1. The Balaban J connectivity index is 2.00. The Morgan fingerprint density at radius 2 is 1.84 bits per heavy atom. The third kappa shape index (κ3) is 4.76. The molecule has 25 heavy (non-hydrogen) atoms. The number of hydrogen-bond donors (Lipinski definition) is 0. The van der Waals surface area contributed by atoms with E-state index >= 15 is 0 Å². The predicted molar refractivity (Wildman–Crippen MR) is 91.4 cm³/mol. The quantitative estimate of drug-likeness (QED) is 0.738. The molecule has 1 saturated heterocycles. The van der Waals surface area contributed by atoms with Crippen molar-refractivity contribution in [1.82, 2.24) is 4.90 Å². The second-order valence-electron chi connectivity index (χ2n) is 5.83. The molecule has 138 valence electrons. The number of ether oxygens (including phenoxy) is 4. The van der Waals surface area contributed by atoms with Crippen molar-refractivity contribution >= 4 is 23.5 Å². The van der Waals surface area contributed by atoms with Gasteiger partial charge in [-0.1, -0.05) is 11.6 Å². The van der Waals surface area contributed by atoms with Gasteiger partial charge in [-0.3, -0.25) is 4.79 Å². The Morgan fingerprint density at radius 3 is 2.40 bits per heavy atom. The zero-order chi connectivity index (χ0) is 18.6. The van der Waals surface area contributed by atoms with Gasteiger partial charge in [0.05, 0.1) is 37.0 Å².